The maximum absolute atomic E-state index is 12.8. The zero-order valence-electron chi connectivity index (χ0n) is 16.3. The highest BCUT2D eigenvalue weighted by Gasteiger charge is 2.13. The van der Waals surface area contributed by atoms with Gasteiger partial charge in [0.1, 0.15) is 11.6 Å². The molecule has 0 amide bonds. The minimum atomic E-state index is -0.0296. The SMILES string of the molecule is CCCn1c(CCc2cccc(OC)c2)nn(Cc2ccc(C)cc2)c1=O. The Morgan fingerprint density at radius 1 is 1.04 bits per heavy atom. The minimum Gasteiger partial charge on any atom is -0.497 e. The lowest BCUT2D eigenvalue weighted by molar-refractivity contribution is 0.414. The normalized spacial score (nSPS) is 10.9. The van der Waals surface area contributed by atoms with Gasteiger partial charge in [0.15, 0.2) is 0 Å². The number of aryl methyl sites for hydroxylation is 3. The number of benzene rings is 2. The molecule has 0 fully saturated rings. The van der Waals surface area contributed by atoms with Crippen molar-refractivity contribution in [3.8, 4) is 5.75 Å². The molecule has 0 aliphatic rings. The first kappa shape index (κ1) is 19.0. The first-order valence-electron chi connectivity index (χ1n) is 9.45. The molecule has 0 unspecified atom stereocenters. The molecule has 0 bridgehead atoms. The third kappa shape index (κ3) is 4.67. The molecule has 0 aliphatic carbocycles. The first-order chi connectivity index (χ1) is 13.1. The smallest absolute Gasteiger partial charge is 0.346 e. The van der Waals surface area contributed by atoms with Gasteiger partial charge in [0.2, 0.25) is 0 Å². The van der Waals surface area contributed by atoms with Crippen molar-refractivity contribution in [3.05, 3.63) is 81.5 Å². The molecule has 0 N–H and O–H groups in total. The maximum Gasteiger partial charge on any atom is 0.346 e. The van der Waals surface area contributed by atoms with Crippen molar-refractivity contribution >= 4 is 0 Å². The fraction of sp³-hybridized carbons (Fsp3) is 0.364. The Morgan fingerprint density at radius 3 is 2.52 bits per heavy atom. The van der Waals surface area contributed by atoms with E-state index in [1.165, 1.54) is 11.1 Å². The van der Waals surface area contributed by atoms with Crippen LogP contribution in [-0.2, 0) is 25.9 Å². The Bertz CT molecular complexity index is 939. The van der Waals surface area contributed by atoms with Crippen LogP contribution in [0.5, 0.6) is 5.75 Å². The van der Waals surface area contributed by atoms with E-state index in [1.807, 2.05) is 22.8 Å². The summed E-state index contributed by atoms with van der Waals surface area (Å²) in [5, 5.41) is 4.64. The molecule has 0 saturated heterocycles. The first-order valence-corrected chi connectivity index (χ1v) is 9.45. The molecule has 0 radical (unpaired) electrons. The molecule has 5 nitrogen and oxygen atoms in total. The average molecular weight is 365 g/mol. The van der Waals surface area contributed by atoms with Gasteiger partial charge in [-0.15, -0.1) is 0 Å². The molecule has 2 aromatic carbocycles. The lowest BCUT2D eigenvalue weighted by Gasteiger charge is -2.05. The third-order valence-corrected chi connectivity index (χ3v) is 4.67. The fourth-order valence-electron chi connectivity index (χ4n) is 3.17. The van der Waals surface area contributed by atoms with Crippen molar-refractivity contribution in [1.29, 1.82) is 0 Å². The van der Waals surface area contributed by atoms with Crippen molar-refractivity contribution < 1.29 is 4.74 Å². The summed E-state index contributed by atoms with van der Waals surface area (Å²) in [6.07, 6.45) is 2.45. The van der Waals surface area contributed by atoms with Gasteiger partial charge in [0, 0.05) is 13.0 Å². The summed E-state index contributed by atoms with van der Waals surface area (Å²) in [6.45, 7) is 5.33. The number of ether oxygens (including phenoxy) is 1. The predicted octanol–water partition coefficient (Wildman–Crippen LogP) is 3.61. The van der Waals surface area contributed by atoms with E-state index in [0.717, 1.165) is 36.4 Å². The van der Waals surface area contributed by atoms with Crippen molar-refractivity contribution in [2.24, 2.45) is 0 Å². The van der Waals surface area contributed by atoms with Gasteiger partial charge in [-0.25, -0.2) is 9.48 Å². The van der Waals surface area contributed by atoms with Crippen LogP contribution in [0.4, 0.5) is 0 Å². The number of hydrogen-bond donors (Lipinski definition) is 0. The largest absolute Gasteiger partial charge is 0.497 e. The molecule has 0 saturated carbocycles. The van der Waals surface area contributed by atoms with Crippen LogP contribution in [0.1, 0.15) is 35.9 Å². The summed E-state index contributed by atoms with van der Waals surface area (Å²) in [5.41, 5.74) is 3.45. The number of aromatic nitrogens is 3. The van der Waals surface area contributed by atoms with Crippen molar-refractivity contribution in [2.75, 3.05) is 7.11 Å². The molecular weight excluding hydrogens is 338 g/mol. The van der Waals surface area contributed by atoms with E-state index in [-0.39, 0.29) is 5.69 Å². The van der Waals surface area contributed by atoms with Crippen LogP contribution >= 0.6 is 0 Å². The van der Waals surface area contributed by atoms with E-state index in [0.29, 0.717) is 13.1 Å². The second kappa shape index (κ2) is 8.71. The van der Waals surface area contributed by atoms with Gasteiger partial charge in [-0.05, 0) is 43.0 Å². The van der Waals surface area contributed by atoms with E-state index in [9.17, 15) is 4.79 Å². The Morgan fingerprint density at radius 2 is 1.81 bits per heavy atom. The lowest BCUT2D eigenvalue weighted by atomic mass is 10.1. The molecule has 3 aromatic rings. The van der Waals surface area contributed by atoms with Gasteiger partial charge in [-0.1, -0.05) is 48.9 Å². The molecule has 27 heavy (non-hydrogen) atoms. The Kier molecular flexibility index (Phi) is 6.12. The lowest BCUT2D eigenvalue weighted by Crippen LogP contribution is -2.26. The van der Waals surface area contributed by atoms with Gasteiger partial charge < -0.3 is 4.74 Å². The molecule has 0 spiro atoms. The molecule has 5 heteroatoms. The molecule has 142 valence electrons. The average Bonchev–Trinajstić information content (AvgIpc) is 2.97. The Hall–Kier alpha value is -2.82. The number of methoxy groups -OCH3 is 1. The number of rotatable bonds is 8. The van der Waals surface area contributed by atoms with Crippen LogP contribution in [-0.4, -0.2) is 21.5 Å². The summed E-state index contributed by atoms with van der Waals surface area (Å²) in [5.74, 6) is 1.69. The Labute approximate surface area is 160 Å². The second-order valence-electron chi connectivity index (χ2n) is 6.85. The van der Waals surface area contributed by atoms with E-state index in [4.69, 9.17) is 4.74 Å². The van der Waals surface area contributed by atoms with E-state index in [1.54, 1.807) is 11.8 Å². The molecule has 1 heterocycles. The molecule has 0 aliphatic heterocycles. The highest BCUT2D eigenvalue weighted by Crippen LogP contribution is 2.14. The quantitative estimate of drug-likeness (QED) is 0.613. The summed E-state index contributed by atoms with van der Waals surface area (Å²) < 4.78 is 8.69. The van der Waals surface area contributed by atoms with Crippen LogP contribution < -0.4 is 10.4 Å². The second-order valence-corrected chi connectivity index (χ2v) is 6.85. The van der Waals surface area contributed by atoms with E-state index < -0.39 is 0 Å². The van der Waals surface area contributed by atoms with Gasteiger partial charge >= 0.3 is 5.69 Å². The molecule has 3 rings (SSSR count). The topological polar surface area (TPSA) is 49.0 Å². The highest BCUT2D eigenvalue weighted by atomic mass is 16.5. The summed E-state index contributed by atoms with van der Waals surface area (Å²) in [7, 11) is 1.67. The van der Waals surface area contributed by atoms with Gasteiger partial charge in [0.25, 0.3) is 0 Å². The number of hydrogen-bond acceptors (Lipinski definition) is 3. The van der Waals surface area contributed by atoms with Crippen molar-refractivity contribution in [1.82, 2.24) is 14.3 Å². The zero-order valence-corrected chi connectivity index (χ0v) is 16.3. The van der Waals surface area contributed by atoms with E-state index in [2.05, 4.69) is 49.3 Å². The predicted molar refractivity (Wildman–Crippen MR) is 107 cm³/mol. The summed E-state index contributed by atoms with van der Waals surface area (Å²) in [6, 6.07) is 16.3. The molecule has 0 atom stereocenters. The minimum absolute atomic E-state index is 0.0296. The maximum atomic E-state index is 12.8. The van der Waals surface area contributed by atoms with Crippen LogP contribution in [0.15, 0.2) is 53.3 Å². The molecular formula is C22H27N3O2. The van der Waals surface area contributed by atoms with Crippen molar-refractivity contribution in [2.45, 2.75) is 46.2 Å². The standard InChI is InChI=1S/C22H27N3O2/c1-4-14-24-21(13-12-18-6-5-7-20(15-18)27-3)23-25(22(24)26)16-19-10-8-17(2)9-11-19/h5-11,15H,4,12-14,16H2,1-3H3. The van der Waals surface area contributed by atoms with Crippen LogP contribution in [0.3, 0.4) is 0 Å². The van der Waals surface area contributed by atoms with Crippen molar-refractivity contribution in [3.63, 3.8) is 0 Å². The monoisotopic (exact) mass is 365 g/mol. The van der Waals surface area contributed by atoms with Gasteiger partial charge in [0.05, 0.1) is 13.7 Å². The third-order valence-electron chi connectivity index (χ3n) is 4.67. The Balaban J connectivity index is 1.81. The van der Waals surface area contributed by atoms with Crippen LogP contribution in [0.2, 0.25) is 0 Å². The zero-order chi connectivity index (χ0) is 19.2. The van der Waals surface area contributed by atoms with Gasteiger partial charge in [-0.3, -0.25) is 4.57 Å². The summed E-state index contributed by atoms with van der Waals surface area (Å²) >= 11 is 0. The fourth-order valence-corrected chi connectivity index (χ4v) is 3.17. The van der Waals surface area contributed by atoms with Crippen LogP contribution in [0, 0.1) is 6.92 Å². The van der Waals surface area contributed by atoms with Crippen LogP contribution in [0.25, 0.3) is 0 Å². The number of nitrogens with zero attached hydrogens (tertiary/aromatic N) is 3. The van der Waals surface area contributed by atoms with E-state index >= 15 is 0 Å². The molecule has 1 aromatic heterocycles. The highest BCUT2D eigenvalue weighted by molar-refractivity contribution is 5.28. The van der Waals surface area contributed by atoms with Gasteiger partial charge in [-0.2, -0.15) is 5.10 Å². The summed E-state index contributed by atoms with van der Waals surface area (Å²) in [4.78, 5) is 12.8.